The van der Waals surface area contributed by atoms with Crippen LogP contribution in [0.25, 0.3) is 11.0 Å². The molecule has 0 aliphatic carbocycles. The fourth-order valence-corrected chi connectivity index (χ4v) is 2.34. The molecule has 0 aliphatic rings. The predicted molar refractivity (Wildman–Crippen MR) is 75.1 cm³/mol. The molecule has 0 fully saturated rings. The average Bonchev–Trinajstić information content (AvgIpc) is 2.52. The number of hydrogen-bond donors (Lipinski definition) is 2. The molecule has 0 saturated heterocycles. The maximum absolute atomic E-state index is 14.0. The topological polar surface area (TPSA) is 63.8 Å². The molecule has 0 bridgehead atoms. The summed E-state index contributed by atoms with van der Waals surface area (Å²) in [6, 6.07) is 8.59. The van der Waals surface area contributed by atoms with Gasteiger partial charge in [-0.25, -0.2) is 14.2 Å². The van der Waals surface area contributed by atoms with Crippen LogP contribution in [0.1, 0.15) is 17.2 Å². The van der Waals surface area contributed by atoms with E-state index >= 15 is 0 Å². The van der Waals surface area contributed by atoms with Crippen LogP contribution in [-0.4, -0.2) is 9.97 Å². The van der Waals surface area contributed by atoms with Gasteiger partial charge < -0.3 is 0 Å². The third kappa shape index (κ3) is 2.35. The van der Waals surface area contributed by atoms with Gasteiger partial charge in [-0.1, -0.05) is 24.3 Å². The van der Waals surface area contributed by atoms with Gasteiger partial charge in [0.1, 0.15) is 0 Å². The Bertz CT molecular complexity index is 786. The normalized spacial score (nSPS) is 12.5. The molecule has 0 saturated carbocycles. The predicted octanol–water partition coefficient (Wildman–Crippen LogP) is 2.46. The molecule has 0 spiro atoms. The first kappa shape index (κ1) is 13.5. The highest BCUT2D eigenvalue weighted by atomic mass is 19.2. The number of nitrogens with two attached hydrogens (primary N) is 1. The van der Waals surface area contributed by atoms with Crippen LogP contribution in [-0.2, 0) is 0 Å². The number of hydrazine groups is 1. The number of rotatable bonds is 3. The van der Waals surface area contributed by atoms with Crippen molar-refractivity contribution in [1.82, 2.24) is 15.4 Å². The molecular weight excluding hydrogens is 274 g/mol. The van der Waals surface area contributed by atoms with Crippen LogP contribution in [0.5, 0.6) is 0 Å². The Morgan fingerprint density at radius 2 is 1.67 bits per heavy atom. The van der Waals surface area contributed by atoms with Crippen LogP contribution < -0.4 is 11.3 Å². The molecule has 1 heterocycles. The van der Waals surface area contributed by atoms with E-state index in [1.165, 1.54) is 12.1 Å². The number of halogens is 2. The van der Waals surface area contributed by atoms with E-state index in [1.807, 2.05) is 0 Å². The largest absolute Gasteiger partial charge is 0.271 e. The lowest BCUT2D eigenvalue weighted by atomic mass is 9.97. The highest BCUT2D eigenvalue weighted by molar-refractivity contribution is 5.78. The molecule has 0 aliphatic heterocycles. The number of benzene rings is 2. The Balaban J connectivity index is 2.21. The number of para-hydroxylation sites is 1. The van der Waals surface area contributed by atoms with Gasteiger partial charge in [0.25, 0.3) is 0 Å². The summed E-state index contributed by atoms with van der Waals surface area (Å²) in [5, 5.41) is 0. The summed E-state index contributed by atoms with van der Waals surface area (Å²) in [7, 11) is 0. The molecule has 3 aromatic rings. The van der Waals surface area contributed by atoms with Crippen LogP contribution in [0.3, 0.4) is 0 Å². The first-order valence-electron chi connectivity index (χ1n) is 6.32. The van der Waals surface area contributed by atoms with E-state index in [-0.39, 0.29) is 5.56 Å². The Hall–Kier alpha value is -2.44. The number of nitrogens with zero attached hydrogens (tertiary/aromatic N) is 2. The third-order valence-electron chi connectivity index (χ3n) is 3.30. The molecule has 3 N–H and O–H groups in total. The van der Waals surface area contributed by atoms with Crippen molar-refractivity contribution in [2.45, 2.75) is 6.04 Å². The maximum Gasteiger partial charge on any atom is 0.163 e. The molecule has 0 radical (unpaired) electrons. The van der Waals surface area contributed by atoms with E-state index in [0.717, 1.165) is 6.07 Å². The Morgan fingerprint density at radius 1 is 0.952 bits per heavy atom. The summed E-state index contributed by atoms with van der Waals surface area (Å²) in [5.74, 6) is 3.71. The van der Waals surface area contributed by atoms with Crippen LogP contribution >= 0.6 is 0 Å². The molecule has 1 aromatic heterocycles. The lowest BCUT2D eigenvalue weighted by molar-refractivity contribution is 0.483. The minimum atomic E-state index is -0.929. The van der Waals surface area contributed by atoms with E-state index in [0.29, 0.717) is 16.6 Å². The molecule has 6 heteroatoms. The van der Waals surface area contributed by atoms with Crippen LogP contribution in [0.4, 0.5) is 8.78 Å². The quantitative estimate of drug-likeness (QED) is 0.573. The van der Waals surface area contributed by atoms with Crippen molar-refractivity contribution in [1.29, 1.82) is 0 Å². The van der Waals surface area contributed by atoms with Gasteiger partial charge in [0.05, 0.1) is 17.1 Å². The zero-order chi connectivity index (χ0) is 14.8. The Morgan fingerprint density at radius 3 is 2.48 bits per heavy atom. The van der Waals surface area contributed by atoms with E-state index in [2.05, 4.69) is 15.4 Å². The molecule has 2 aromatic carbocycles. The van der Waals surface area contributed by atoms with E-state index < -0.39 is 17.7 Å². The molecule has 106 valence electrons. The summed E-state index contributed by atoms with van der Waals surface area (Å²) >= 11 is 0. The minimum Gasteiger partial charge on any atom is -0.271 e. The van der Waals surface area contributed by atoms with Crippen molar-refractivity contribution < 1.29 is 8.78 Å². The molecule has 1 atom stereocenters. The third-order valence-corrected chi connectivity index (χ3v) is 3.30. The number of fused-ring (bicyclic) bond motifs is 1. The van der Waals surface area contributed by atoms with E-state index in [4.69, 9.17) is 5.84 Å². The summed E-state index contributed by atoms with van der Waals surface area (Å²) in [6.07, 6.45) is 3.11. The average molecular weight is 286 g/mol. The monoisotopic (exact) mass is 286 g/mol. The highest BCUT2D eigenvalue weighted by Gasteiger charge is 2.21. The van der Waals surface area contributed by atoms with Crippen LogP contribution in [0.15, 0.2) is 48.8 Å². The van der Waals surface area contributed by atoms with Gasteiger partial charge in [-0.05, 0) is 12.1 Å². The van der Waals surface area contributed by atoms with Gasteiger partial charge >= 0.3 is 0 Å². The van der Waals surface area contributed by atoms with Crippen molar-refractivity contribution in [3.63, 3.8) is 0 Å². The fraction of sp³-hybridized carbons (Fsp3) is 0.0667. The van der Waals surface area contributed by atoms with E-state index in [1.54, 1.807) is 30.6 Å². The highest BCUT2D eigenvalue weighted by Crippen LogP contribution is 2.28. The Kier molecular flexibility index (Phi) is 3.55. The SMILES string of the molecule is NNC(c1cccc(F)c1F)c1cccc2nccnc12. The lowest BCUT2D eigenvalue weighted by Crippen LogP contribution is -2.30. The van der Waals surface area contributed by atoms with Crippen molar-refractivity contribution in [3.8, 4) is 0 Å². The molecular formula is C15H12F2N4. The molecule has 21 heavy (non-hydrogen) atoms. The molecule has 0 amide bonds. The van der Waals surface area contributed by atoms with Crippen molar-refractivity contribution in [2.24, 2.45) is 5.84 Å². The van der Waals surface area contributed by atoms with Crippen molar-refractivity contribution in [3.05, 3.63) is 71.6 Å². The molecule has 3 rings (SSSR count). The second-order valence-electron chi connectivity index (χ2n) is 4.51. The van der Waals surface area contributed by atoms with Crippen molar-refractivity contribution >= 4 is 11.0 Å². The standard InChI is InChI=1S/C15H12F2N4/c16-11-5-1-3-9(13(11)17)14(21-18)10-4-2-6-12-15(10)20-8-7-19-12/h1-8,14,21H,18H2. The van der Waals surface area contributed by atoms with Gasteiger partial charge in [-0.15, -0.1) is 0 Å². The van der Waals surface area contributed by atoms with Gasteiger partial charge in [0.15, 0.2) is 11.6 Å². The number of hydrogen-bond acceptors (Lipinski definition) is 4. The maximum atomic E-state index is 14.0. The first-order valence-corrected chi connectivity index (χ1v) is 6.32. The lowest BCUT2D eigenvalue weighted by Gasteiger charge is -2.18. The van der Waals surface area contributed by atoms with E-state index in [9.17, 15) is 8.78 Å². The summed E-state index contributed by atoms with van der Waals surface area (Å²) in [6.45, 7) is 0. The summed E-state index contributed by atoms with van der Waals surface area (Å²) in [4.78, 5) is 8.45. The van der Waals surface area contributed by atoms with Crippen LogP contribution in [0.2, 0.25) is 0 Å². The fourth-order valence-electron chi connectivity index (χ4n) is 2.34. The van der Waals surface area contributed by atoms with Gasteiger partial charge in [0.2, 0.25) is 0 Å². The van der Waals surface area contributed by atoms with Gasteiger partial charge in [0, 0.05) is 23.5 Å². The Labute approximate surface area is 119 Å². The van der Waals surface area contributed by atoms with Crippen LogP contribution in [0, 0.1) is 11.6 Å². The minimum absolute atomic E-state index is 0.121. The summed E-state index contributed by atoms with van der Waals surface area (Å²) in [5.41, 5.74) is 4.52. The van der Waals surface area contributed by atoms with Crippen molar-refractivity contribution in [2.75, 3.05) is 0 Å². The molecule has 1 unspecified atom stereocenters. The summed E-state index contributed by atoms with van der Waals surface area (Å²) < 4.78 is 27.5. The van der Waals surface area contributed by atoms with Gasteiger partial charge in [-0.2, -0.15) is 0 Å². The second-order valence-corrected chi connectivity index (χ2v) is 4.51. The number of aromatic nitrogens is 2. The molecule has 4 nitrogen and oxygen atoms in total. The zero-order valence-electron chi connectivity index (χ0n) is 10.9. The van der Waals surface area contributed by atoms with Gasteiger partial charge in [-0.3, -0.25) is 15.8 Å². The zero-order valence-corrected chi connectivity index (χ0v) is 10.9. The number of nitrogens with one attached hydrogen (secondary N) is 1. The second kappa shape index (κ2) is 5.51. The first-order chi connectivity index (χ1) is 10.2. The smallest absolute Gasteiger partial charge is 0.163 e.